The van der Waals surface area contributed by atoms with Crippen molar-refractivity contribution in [2.45, 2.75) is 19.3 Å². The molecule has 0 unspecified atom stereocenters. The normalized spacial score (nSPS) is 14.3. The zero-order valence-electron chi connectivity index (χ0n) is 16.3. The van der Waals surface area contributed by atoms with E-state index < -0.39 is 12.2 Å². The highest BCUT2D eigenvalue weighted by molar-refractivity contribution is 6.12. The second-order valence-electron chi connectivity index (χ2n) is 8.08. The van der Waals surface area contributed by atoms with Crippen molar-refractivity contribution in [1.82, 2.24) is 19.5 Å². The van der Waals surface area contributed by atoms with Crippen LogP contribution in [0.15, 0.2) is 60.7 Å². The molecule has 6 rings (SSSR count). The van der Waals surface area contributed by atoms with E-state index in [1.54, 1.807) is 4.57 Å². The molecule has 0 saturated heterocycles. The highest BCUT2D eigenvalue weighted by Crippen LogP contribution is 2.52. The van der Waals surface area contributed by atoms with Gasteiger partial charge in [-0.2, -0.15) is 23.7 Å². The lowest BCUT2D eigenvalue weighted by atomic mass is 9.81. The van der Waals surface area contributed by atoms with Crippen LogP contribution >= 0.6 is 0 Å². The number of rotatable bonds is 1. The van der Waals surface area contributed by atoms with Gasteiger partial charge in [0.2, 0.25) is 5.95 Å². The lowest BCUT2D eigenvalue weighted by Crippen LogP contribution is -2.17. The van der Waals surface area contributed by atoms with Crippen LogP contribution in [-0.2, 0) is 5.41 Å². The maximum Gasteiger partial charge on any atom is 0.315 e. The van der Waals surface area contributed by atoms with Gasteiger partial charge < -0.3 is 0 Å². The van der Waals surface area contributed by atoms with E-state index in [-0.39, 0.29) is 11.4 Å². The monoisotopic (exact) mass is 398 g/mol. The molecule has 0 N–H and O–H groups in total. The van der Waals surface area contributed by atoms with Crippen LogP contribution in [0, 0.1) is 12.2 Å². The summed E-state index contributed by atoms with van der Waals surface area (Å²) < 4.78 is 29.6. The van der Waals surface area contributed by atoms with Crippen LogP contribution in [0.25, 0.3) is 38.9 Å². The molecule has 30 heavy (non-hydrogen) atoms. The molecule has 146 valence electrons. The first-order valence-electron chi connectivity index (χ1n) is 9.71. The number of hydrogen-bond acceptors (Lipinski definition) is 3. The molecule has 0 amide bonds. The fourth-order valence-corrected chi connectivity index (χ4v) is 4.94. The summed E-state index contributed by atoms with van der Waals surface area (Å²) in [4.78, 5) is 10.7. The minimum absolute atomic E-state index is 0.0636. The Hall–Kier alpha value is -3.67. The van der Waals surface area contributed by atoms with Gasteiger partial charge in [-0.05, 0) is 28.3 Å². The molecule has 1 aliphatic carbocycles. The van der Waals surface area contributed by atoms with Gasteiger partial charge in [0.05, 0.1) is 11.0 Å². The number of hydrogen-bond donors (Lipinski definition) is 0. The van der Waals surface area contributed by atoms with Gasteiger partial charge in [0.1, 0.15) is 0 Å². The van der Waals surface area contributed by atoms with Crippen molar-refractivity contribution in [3.8, 4) is 17.1 Å². The summed E-state index contributed by atoms with van der Waals surface area (Å²) in [5.74, 6) is -0.0636. The fourth-order valence-electron chi connectivity index (χ4n) is 4.94. The third-order valence-electron chi connectivity index (χ3n) is 6.12. The van der Waals surface area contributed by atoms with Crippen molar-refractivity contribution in [2.75, 3.05) is 0 Å². The summed E-state index contributed by atoms with van der Waals surface area (Å²) in [5.41, 5.74) is 5.95. The predicted molar refractivity (Wildman–Crippen MR) is 112 cm³/mol. The molecule has 1 aliphatic rings. The van der Waals surface area contributed by atoms with Gasteiger partial charge in [-0.25, -0.2) is 0 Å². The minimum atomic E-state index is -1.14. The van der Waals surface area contributed by atoms with Gasteiger partial charge in [-0.3, -0.25) is 4.57 Å². The number of benzene rings is 3. The Bertz CT molecular complexity index is 1480. The molecule has 2 aromatic heterocycles. The van der Waals surface area contributed by atoms with E-state index in [2.05, 4.69) is 53.1 Å². The second-order valence-corrected chi connectivity index (χ2v) is 8.08. The molecule has 0 aliphatic heterocycles. The van der Waals surface area contributed by atoms with E-state index in [0.717, 1.165) is 32.9 Å². The van der Waals surface area contributed by atoms with Crippen LogP contribution in [0.4, 0.5) is 8.78 Å². The zero-order valence-corrected chi connectivity index (χ0v) is 16.3. The van der Waals surface area contributed by atoms with Crippen molar-refractivity contribution in [3.05, 3.63) is 83.9 Å². The predicted octanol–water partition coefficient (Wildman–Crippen LogP) is 5.55. The van der Waals surface area contributed by atoms with Crippen LogP contribution < -0.4 is 0 Å². The second kappa shape index (κ2) is 5.69. The number of halogens is 2. The topological polar surface area (TPSA) is 43.6 Å². The molecule has 4 nitrogen and oxygen atoms in total. The number of para-hydroxylation sites is 1. The molecule has 0 fully saturated rings. The molecule has 2 heterocycles. The molecule has 5 aromatic rings. The maximum atomic E-state index is 13.9. The van der Waals surface area contributed by atoms with Crippen molar-refractivity contribution >= 4 is 21.8 Å². The third kappa shape index (κ3) is 2.10. The fraction of sp³-hybridized carbons (Fsp3) is 0.125. The van der Waals surface area contributed by atoms with E-state index in [4.69, 9.17) is 0 Å². The molecule has 6 heteroatoms. The Balaban J connectivity index is 1.85. The Kier molecular flexibility index (Phi) is 3.26. The van der Waals surface area contributed by atoms with Crippen LogP contribution in [0.2, 0.25) is 0 Å². The van der Waals surface area contributed by atoms with E-state index in [1.807, 2.05) is 36.4 Å². The van der Waals surface area contributed by atoms with E-state index in [0.29, 0.717) is 0 Å². The Morgan fingerprint density at radius 1 is 0.733 bits per heavy atom. The molecular formula is C24H16F2N4. The average Bonchev–Trinajstić information content (AvgIpc) is 3.17. The first-order chi connectivity index (χ1) is 14.5. The van der Waals surface area contributed by atoms with E-state index >= 15 is 0 Å². The number of nitrogens with zero attached hydrogens (tertiary/aromatic N) is 4. The van der Waals surface area contributed by atoms with E-state index in [1.165, 1.54) is 11.1 Å². The van der Waals surface area contributed by atoms with Crippen LogP contribution in [0.1, 0.15) is 25.0 Å². The van der Waals surface area contributed by atoms with Crippen LogP contribution in [0.5, 0.6) is 0 Å². The van der Waals surface area contributed by atoms with Crippen LogP contribution in [0.3, 0.4) is 0 Å². The molecule has 3 aromatic carbocycles. The van der Waals surface area contributed by atoms with E-state index in [9.17, 15) is 8.78 Å². The minimum Gasteiger partial charge on any atom is -0.277 e. The SMILES string of the molecule is CC1(C)c2ccccc2-c2ccc3c4ccccc4n(-c4nc(F)nc(F)n4)c3c21. The lowest BCUT2D eigenvalue weighted by molar-refractivity contribution is 0.451. The molecule has 0 saturated carbocycles. The third-order valence-corrected chi connectivity index (χ3v) is 6.12. The quantitative estimate of drug-likeness (QED) is 0.372. The number of fused-ring (bicyclic) bond motifs is 7. The van der Waals surface area contributed by atoms with Crippen molar-refractivity contribution < 1.29 is 8.78 Å². The molecule has 0 radical (unpaired) electrons. The smallest absolute Gasteiger partial charge is 0.277 e. The standard InChI is InChI=1S/C24H16F2N4/c1-24(2)17-9-5-3-7-13(17)15-11-12-16-14-8-4-6-10-18(14)30(20(16)19(15)24)23-28-21(25)27-22(26)29-23/h3-12H,1-2H3. The van der Waals surface area contributed by atoms with Gasteiger partial charge in [0, 0.05) is 16.2 Å². The molecule has 0 bridgehead atoms. The van der Waals surface area contributed by atoms with Gasteiger partial charge in [0.25, 0.3) is 0 Å². The van der Waals surface area contributed by atoms with Crippen molar-refractivity contribution in [1.29, 1.82) is 0 Å². The highest BCUT2D eigenvalue weighted by atomic mass is 19.1. The van der Waals surface area contributed by atoms with Crippen molar-refractivity contribution in [3.63, 3.8) is 0 Å². The van der Waals surface area contributed by atoms with Gasteiger partial charge in [-0.1, -0.05) is 68.4 Å². The largest absolute Gasteiger partial charge is 0.315 e. The average molecular weight is 398 g/mol. The Morgan fingerprint density at radius 2 is 1.43 bits per heavy atom. The van der Waals surface area contributed by atoms with Gasteiger partial charge in [0.15, 0.2) is 0 Å². The highest BCUT2D eigenvalue weighted by Gasteiger charge is 2.38. The van der Waals surface area contributed by atoms with Crippen LogP contribution in [-0.4, -0.2) is 19.5 Å². The van der Waals surface area contributed by atoms with Crippen molar-refractivity contribution in [2.24, 2.45) is 0 Å². The molecular weight excluding hydrogens is 382 g/mol. The molecule has 0 spiro atoms. The first kappa shape index (κ1) is 17.2. The van der Waals surface area contributed by atoms with Gasteiger partial charge >= 0.3 is 12.2 Å². The summed E-state index contributed by atoms with van der Waals surface area (Å²) in [6.45, 7) is 4.35. The summed E-state index contributed by atoms with van der Waals surface area (Å²) in [7, 11) is 0. The summed E-state index contributed by atoms with van der Waals surface area (Å²) in [5, 5.41) is 1.97. The Morgan fingerprint density at radius 3 is 2.23 bits per heavy atom. The first-order valence-corrected chi connectivity index (χ1v) is 9.71. The lowest BCUT2D eigenvalue weighted by Gasteiger charge is -2.23. The number of aromatic nitrogens is 4. The summed E-state index contributed by atoms with van der Waals surface area (Å²) in [6.07, 6.45) is -2.28. The Labute approximate surface area is 170 Å². The van der Waals surface area contributed by atoms with Gasteiger partial charge in [-0.15, -0.1) is 0 Å². The zero-order chi connectivity index (χ0) is 20.6. The maximum absolute atomic E-state index is 13.9. The summed E-state index contributed by atoms with van der Waals surface area (Å²) in [6, 6.07) is 20.3. The molecule has 0 atom stereocenters. The summed E-state index contributed by atoms with van der Waals surface area (Å²) >= 11 is 0.